The van der Waals surface area contributed by atoms with E-state index in [9.17, 15) is 19.7 Å². The van der Waals surface area contributed by atoms with Crippen LogP contribution in [0.15, 0.2) is 42.5 Å². The average molecular weight is 384 g/mol. The molecule has 0 fully saturated rings. The Hall–Kier alpha value is -3.42. The molecule has 0 bridgehead atoms. The van der Waals surface area contributed by atoms with Crippen molar-refractivity contribution >= 4 is 17.6 Å². The Bertz CT molecular complexity index is 927. The van der Waals surface area contributed by atoms with Crippen LogP contribution in [0.5, 0.6) is 5.75 Å². The van der Waals surface area contributed by atoms with Crippen molar-refractivity contribution in [3.8, 4) is 5.75 Å². The Labute approximate surface area is 161 Å². The minimum atomic E-state index is -1.05. The molecular formula is C20H20N2O6. The number of benzene rings is 2. The number of carbonyl (C=O) groups excluding carboxylic acids is 2. The van der Waals surface area contributed by atoms with Crippen LogP contribution in [0.3, 0.4) is 0 Å². The summed E-state index contributed by atoms with van der Waals surface area (Å²) in [5, 5.41) is 13.9. The predicted octanol–water partition coefficient (Wildman–Crippen LogP) is 3.09. The maximum absolute atomic E-state index is 12.5. The third-order valence-electron chi connectivity index (χ3n) is 4.65. The lowest BCUT2D eigenvalue weighted by atomic mass is 10.0. The largest absolute Gasteiger partial charge is 0.493 e. The number of hydrogen-bond acceptors (Lipinski definition) is 6. The van der Waals surface area contributed by atoms with E-state index >= 15 is 0 Å². The van der Waals surface area contributed by atoms with Crippen LogP contribution in [0.1, 0.15) is 40.9 Å². The normalized spacial score (nSPS) is 16.3. The quantitative estimate of drug-likeness (QED) is 0.482. The number of rotatable bonds is 5. The zero-order chi connectivity index (χ0) is 20.3. The summed E-state index contributed by atoms with van der Waals surface area (Å²) in [7, 11) is 0. The Kier molecular flexibility index (Phi) is 5.58. The molecule has 1 N–H and O–H groups in total. The third-order valence-corrected chi connectivity index (χ3v) is 4.65. The third kappa shape index (κ3) is 3.95. The minimum absolute atomic E-state index is 0.0604. The minimum Gasteiger partial charge on any atom is -0.493 e. The monoisotopic (exact) mass is 384 g/mol. The highest BCUT2D eigenvalue weighted by molar-refractivity contribution is 5.94. The molecule has 8 heteroatoms. The number of hydrogen-bond donors (Lipinski definition) is 1. The van der Waals surface area contributed by atoms with Gasteiger partial charge in [-0.15, -0.1) is 0 Å². The zero-order valence-corrected chi connectivity index (χ0v) is 15.5. The highest BCUT2D eigenvalue weighted by atomic mass is 16.6. The van der Waals surface area contributed by atoms with E-state index in [-0.39, 0.29) is 22.9 Å². The molecule has 0 aliphatic carbocycles. The molecule has 0 saturated carbocycles. The first-order valence-electron chi connectivity index (χ1n) is 8.85. The molecule has 8 nitrogen and oxygen atoms in total. The lowest BCUT2D eigenvalue weighted by Gasteiger charge is -2.27. The van der Waals surface area contributed by atoms with Gasteiger partial charge in [0.1, 0.15) is 5.75 Å². The molecule has 1 heterocycles. The molecule has 1 aliphatic heterocycles. The van der Waals surface area contributed by atoms with Gasteiger partial charge in [0, 0.05) is 23.6 Å². The zero-order valence-electron chi connectivity index (χ0n) is 15.5. The molecule has 0 spiro atoms. The van der Waals surface area contributed by atoms with Crippen LogP contribution >= 0.6 is 0 Å². The van der Waals surface area contributed by atoms with Crippen LogP contribution in [0.25, 0.3) is 0 Å². The predicted molar refractivity (Wildman–Crippen MR) is 100 cm³/mol. The first-order chi connectivity index (χ1) is 13.4. The van der Waals surface area contributed by atoms with E-state index in [1.165, 1.54) is 32.0 Å². The van der Waals surface area contributed by atoms with E-state index in [1.807, 2.05) is 24.3 Å². The molecule has 3 rings (SSSR count). The number of fused-ring (bicyclic) bond motifs is 1. The van der Waals surface area contributed by atoms with Crippen LogP contribution in [-0.4, -0.2) is 29.5 Å². The molecule has 2 aromatic carbocycles. The number of amides is 1. The maximum Gasteiger partial charge on any atom is 0.339 e. The van der Waals surface area contributed by atoms with Crippen molar-refractivity contribution in [3.05, 3.63) is 69.3 Å². The van der Waals surface area contributed by atoms with Gasteiger partial charge in [0.2, 0.25) is 0 Å². The fraction of sp³-hybridized carbons (Fsp3) is 0.300. The average Bonchev–Trinajstić information content (AvgIpc) is 2.68. The van der Waals surface area contributed by atoms with Crippen LogP contribution < -0.4 is 10.1 Å². The number of para-hydroxylation sites is 1. The molecule has 1 amide bonds. The van der Waals surface area contributed by atoms with E-state index in [1.54, 1.807) is 0 Å². The maximum atomic E-state index is 12.5. The van der Waals surface area contributed by atoms with E-state index in [4.69, 9.17) is 9.47 Å². The van der Waals surface area contributed by atoms with Crippen molar-refractivity contribution in [2.45, 2.75) is 32.4 Å². The van der Waals surface area contributed by atoms with Crippen molar-refractivity contribution in [1.29, 1.82) is 0 Å². The summed E-state index contributed by atoms with van der Waals surface area (Å²) in [5.41, 5.74) is 0.953. The van der Waals surface area contributed by atoms with E-state index in [2.05, 4.69) is 5.32 Å². The van der Waals surface area contributed by atoms with Crippen molar-refractivity contribution in [2.24, 2.45) is 0 Å². The van der Waals surface area contributed by atoms with E-state index < -0.39 is 22.9 Å². The highest BCUT2D eigenvalue weighted by Crippen LogP contribution is 2.31. The van der Waals surface area contributed by atoms with Gasteiger partial charge in [-0.3, -0.25) is 14.9 Å². The van der Waals surface area contributed by atoms with E-state index in [0.29, 0.717) is 13.0 Å². The topological polar surface area (TPSA) is 108 Å². The Morgan fingerprint density at radius 1 is 1.25 bits per heavy atom. The van der Waals surface area contributed by atoms with Crippen LogP contribution in [-0.2, 0) is 9.53 Å². The molecule has 1 aliphatic rings. The van der Waals surface area contributed by atoms with Crippen LogP contribution in [0, 0.1) is 17.0 Å². The Balaban J connectivity index is 1.68. The van der Waals surface area contributed by atoms with Gasteiger partial charge in [-0.1, -0.05) is 24.3 Å². The summed E-state index contributed by atoms with van der Waals surface area (Å²) in [6.45, 7) is 3.41. The van der Waals surface area contributed by atoms with E-state index in [0.717, 1.165) is 11.3 Å². The van der Waals surface area contributed by atoms with Gasteiger partial charge >= 0.3 is 5.97 Å². The molecular weight excluding hydrogens is 364 g/mol. The highest BCUT2D eigenvalue weighted by Gasteiger charge is 2.27. The SMILES string of the molecule is Cc1c(C(=O)OC(C)C(=O)NC2CCOc3ccccc32)cccc1[N+](=O)[O-]. The second-order valence-electron chi connectivity index (χ2n) is 6.49. The van der Waals surface area contributed by atoms with Gasteiger partial charge in [0.05, 0.1) is 23.1 Å². The summed E-state index contributed by atoms with van der Waals surface area (Å²) in [6, 6.07) is 11.3. The molecule has 0 aromatic heterocycles. The number of nitro groups is 1. The molecule has 2 atom stereocenters. The first kappa shape index (κ1) is 19.3. The Morgan fingerprint density at radius 2 is 2.00 bits per heavy atom. The lowest BCUT2D eigenvalue weighted by Crippen LogP contribution is -2.39. The molecule has 0 saturated heterocycles. The smallest absolute Gasteiger partial charge is 0.339 e. The summed E-state index contributed by atoms with van der Waals surface area (Å²) >= 11 is 0. The van der Waals surface area contributed by atoms with Crippen LogP contribution in [0.4, 0.5) is 5.69 Å². The molecule has 0 radical (unpaired) electrons. The van der Waals surface area contributed by atoms with Gasteiger partial charge in [-0.25, -0.2) is 4.79 Å². The van der Waals surface area contributed by atoms with Gasteiger partial charge in [-0.2, -0.15) is 0 Å². The molecule has 2 aromatic rings. The fourth-order valence-electron chi connectivity index (χ4n) is 3.10. The fourth-order valence-corrected chi connectivity index (χ4v) is 3.10. The number of esters is 1. The first-order valence-corrected chi connectivity index (χ1v) is 8.85. The van der Waals surface area contributed by atoms with Gasteiger partial charge < -0.3 is 14.8 Å². The number of nitrogens with zero attached hydrogens (tertiary/aromatic N) is 1. The molecule has 146 valence electrons. The van der Waals surface area contributed by atoms with Crippen molar-refractivity contribution < 1.29 is 24.0 Å². The summed E-state index contributed by atoms with van der Waals surface area (Å²) in [6.07, 6.45) is -0.450. The number of nitrogens with one attached hydrogen (secondary N) is 1. The summed E-state index contributed by atoms with van der Waals surface area (Å²) in [4.78, 5) is 35.4. The molecule has 2 unspecified atom stereocenters. The lowest BCUT2D eigenvalue weighted by molar-refractivity contribution is -0.385. The summed E-state index contributed by atoms with van der Waals surface area (Å²) in [5.74, 6) is -0.509. The van der Waals surface area contributed by atoms with Gasteiger partial charge in [0.25, 0.3) is 11.6 Å². The number of ether oxygens (including phenoxy) is 2. The standard InChI is InChI=1S/C20H20N2O6/c1-12-14(7-5-8-17(12)22(25)26)20(24)28-13(2)19(23)21-16-10-11-27-18-9-4-3-6-15(16)18/h3-9,13,16H,10-11H2,1-2H3,(H,21,23). The van der Waals surface area contributed by atoms with Crippen LogP contribution in [0.2, 0.25) is 0 Å². The Morgan fingerprint density at radius 3 is 2.75 bits per heavy atom. The van der Waals surface area contributed by atoms with Crippen molar-refractivity contribution in [2.75, 3.05) is 6.61 Å². The van der Waals surface area contributed by atoms with Crippen molar-refractivity contribution in [3.63, 3.8) is 0 Å². The summed E-state index contributed by atoms with van der Waals surface area (Å²) < 4.78 is 10.8. The second-order valence-corrected chi connectivity index (χ2v) is 6.49. The van der Waals surface area contributed by atoms with Gasteiger partial charge in [-0.05, 0) is 26.0 Å². The second kappa shape index (κ2) is 8.08. The molecule has 28 heavy (non-hydrogen) atoms. The van der Waals surface area contributed by atoms with Gasteiger partial charge in [0.15, 0.2) is 6.10 Å². The number of nitro benzene ring substituents is 1. The van der Waals surface area contributed by atoms with Crippen molar-refractivity contribution in [1.82, 2.24) is 5.32 Å². The number of carbonyl (C=O) groups is 2.